The molecule has 90 valence electrons. The maximum absolute atomic E-state index is 12.1. The molecule has 2 aromatic rings. The maximum atomic E-state index is 12.1. The summed E-state index contributed by atoms with van der Waals surface area (Å²) in [4.78, 5) is 15.0. The Morgan fingerprint density at radius 2 is 1.89 bits per heavy atom. The number of nitrogens with one attached hydrogen (secondary N) is 1. The fraction of sp³-hybridized carbons (Fsp3) is 0.188. The van der Waals surface area contributed by atoms with Gasteiger partial charge in [-0.05, 0) is 36.6 Å². The second-order valence-corrected chi connectivity index (χ2v) is 4.68. The quantitative estimate of drug-likeness (QED) is 0.804. The lowest BCUT2D eigenvalue weighted by atomic mass is 10.0. The molecular weight excluding hydrogens is 222 g/mol. The van der Waals surface area contributed by atoms with Gasteiger partial charge in [0.25, 0.3) is 5.56 Å². The summed E-state index contributed by atoms with van der Waals surface area (Å²) in [7, 11) is 0. The average molecular weight is 237 g/mol. The van der Waals surface area contributed by atoms with Crippen LogP contribution in [0.5, 0.6) is 0 Å². The first-order valence-corrected chi connectivity index (χ1v) is 6.25. The number of H-pyrrole nitrogens is 1. The first kappa shape index (κ1) is 11.0. The minimum atomic E-state index is 0.0155. The van der Waals surface area contributed by atoms with Crippen LogP contribution in [-0.2, 0) is 0 Å². The lowest BCUT2D eigenvalue weighted by Crippen LogP contribution is -2.41. The first-order valence-electron chi connectivity index (χ1n) is 6.25. The monoisotopic (exact) mass is 237 g/mol. The number of aromatic amines is 1. The third-order valence-electron chi connectivity index (χ3n) is 3.42. The molecule has 1 aromatic carbocycles. The Labute approximate surface area is 105 Å². The van der Waals surface area contributed by atoms with Gasteiger partial charge in [0.1, 0.15) is 0 Å². The largest absolute Gasteiger partial charge is 0.321 e. The van der Waals surface area contributed by atoms with E-state index in [1.54, 1.807) is 0 Å². The van der Waals surface area contributed by atoms with Crippen LogP contribution in [0.1, 0.15) is 18.4 Å². The van der Waals surface area contributed by atoms with Crippen LogP contribution in [-0.4, -0.2) is 4.98 Å². The van der Waals surface area contributed by atoms with Gasteiger partial charge in [-0.2, -0.15) is 0 Å². The number of pyridine rings is 1. The van der Waals surface area contributed by atoms with Crippen molar-refractivity contribution in [2.45, 2.75) is 19.8 Å². The highest BCUT2D eigenvalue weighted by Gasteiger charge is 2.05. The fourth-order valence-corrected chi connectivity index (χ4v) is 2.46. The van der Waals surface area contributed by atoms with Crippen molar-refractivity contribution in [1.82, 2.24) is 4.98 Å². The van der Waals surface area contributed by atoms with E-state index in [9.17, 15) is 4.79 Å². The van der Waals surface area contributed by atoms with Crippen LogP contribution in [0.25, 0.3) is 23.4 Å². The van der Waals surface area contributed by atoms with Gasteiger partial charge in [-0.25, -0.2) is 0 Å². The van der Waals surface area contributed by atoms with Crippen molar-refractivity contribution in [3.05, 3.63) is 56.7 Å². The minimum Gasteiger partial charge on any atom is -0.321 e. The van der Waals surface area contributed by atoms with Gasteiger partial charge in [0.2, 0.25) is 0 Å². The van der Waals surface area contributed by atoms with Crippen LogP contribution in [0.2, 0.25) is 0 Å². The third-order valence-corrected chi connectivity index (χ3v) is 3.42. The van der Waals surface area contributed by atoms with Gasteiger partial charge < -0.3 is 4.98 Å². The average Bonchev–Trinajstić information content (AvgIpc) is 2.39. The summed E-state index contributed by atoms with van der Waals surface area (Å²) in [6.45, 7) is 2.06. The predicted molar refractivity (Wildman–Crippen MR) is 74.6 cm³/mol. The van der Waals surface area contributed by atoms with Gasteiger partial charge in [0, 0.05) is 16.5 Å². The second kappa shape index (κ2) is 4.30. The SMILES string of the molecule is Cc1ccccc1-c1cc2c(c(=O)[nH]1)=CCCC=2. The molecule has 0 amide bonds. The molecule has 0 fully saturated rings. The molecule has 0 saturated heterocycles. The zero-order valence-corrected chi connectivity index (χ0v) is 10.4. The summed E-state index contributed by atoms with van der Waals surface area (Å²) in [5, 5.41) is 1.88. The maximum Gasteiger partial charge on any atom is 0.255 e. The van der Waals surface area contributed by atoms with Gasteiger partial charge >= 0.3 is 0 Å². The highest BCUT2D eigenvalue weighted by atomic mass is 16.1. The standard InChI is InChI=1S/C16H15NO/c1-11-6-2-4-8-13(11)15-10-12-7-3-5-9-14(12)16(18)17-15/h2,4,6-10H,3,5H2,1H3,(H,17,18). The Bertz CT molecular complexity index is 768. The van der Waals surface area contributed by atoms with Crippen molar-refractivity contribution in [3.63, 3.8) is 0 Å². The molecule has 0 atom stereocenters. The Balaban J connectivity index is 2.32. The summed E-state index contributed by atoms with van der Waals surface area (Å²) in [6.07, 6.45) is 6.14. The molecule has 1 aromatic heterocycles. The van der Waals surface area contributed by atoms with Crippen LogP contribution < -0.4 is 16.0 Å². The second-order valence-electron chi connectivity index (χ2n) is 4.68. The zero-order valence-electron chi connectivity index (χ0n) is 10.4. The smallest absolute Gasteiger partial charge is 0.255 e. The Kier molecular flexibility index (Phi) is 2.63. The van der Waals surface area contributed by atoms with E-state index in [1.807, 2.05) is 24.3 Å². The molecule has 0 saturated carbocycles. The van der Waals surface area contributed by atoms with E-state index in [0.717, 1.165) is 34.5 Å². The third kappa shape index (κ3) is 1.80. The first-order chi connectivity index (χ1) is 8.75. The van der Waals surface area contributed by atoms with Crippen molar-refractivity contribution in [2.75, 3.05) is 0 Å². The normalized spacial score (nSPS) is 13.4. The number of fused-ring (bicyclic) bond motifs is 1. The number of aryl methyl sites for hydroxylation is 1. The van der Waals surface area contributed by atoms with Crippen LogP contribution in [0.3, 0.4) is 0 Å². The lowest BCUT2D eigenvalue weighted by Gasteiger charge is -2.07. The highest BCUT2D eigenvalue weighted by Crippen LogP contribution is 2.18. The van der Waals surface area contributed by atoms with Crippen LogP contribution in [0.15, 0.2) is 35.1 Å². The molecule has 3 rings (SSSR count). The topological polar surface area (TPSA) is 32.9 Å². The Morgan fingerprint density at radius 3 is 2.72 bits per heavy atom. The van der Waals surface area contributed by atoms with E-state index >= 15 is 0 Å². The molecule has 0 bridgehead atoms. The predicted octanol–water partition coefficient (Wildman–Crippen LogP) is 1.71. The van der Waals surface area contributed by atoms with E-state index in [1.165, 1.54) is 5.56 Å². The van der Waals surface area contributed by atoms with Crippen LogP contribution in [0, 0.1) is 6.92 Å². The Morgan fingerprint density at radius 1 is 1.11 bits per heavy atom. The Hall–Kier alpha value is -2.09. The minimum absolute atomic E-state index is 0.0155. The van der Waals surface area contributed by atoms with Crippen molar-refractivity contribution in [1.29, 1.82) is 0 Å². The molecule has 1 heterocycles. The van der Waals surface area contributed by atoms with Gasteiger partial charge in [-0.15, -0.1) is 0 Å². The molecule has 0 spiro atoms. The molecule has 1 aliphatic carbocycles. The number of rotatable bonds is 1. The van der Waals surface area contributed by atoms with Crippen molar-refractivity contribution in [3.8, 4) is 11.3 Å². The van der Waals surface area contributed by atoms with Crippen LogP contribution >= 0.6 is 0 Å². The summed E-state index contributed by atoms with van der Waals surface area (Å²) >= 11 is 0. The molecule has 1 N–H and O–H groups in total. The molecular formula is C16H15NO. The van der Waals surface area contributed by atoms with Gasteiger partial charge in [-0.1, -0.05) is 36.4 Å². The van der Waals surface area contributed by atoms with Crippen molar-refractivity contribution in [2.24, 2.45) is 0 Å². The molecule has 0 radical (unpaired) electrons. The summed E-state index contributed by atoms with van der Waals surface area (Å²) in [5.74, 6) is 0. The molecule has 2 heteroatoms. The van der Waals surface area contributed by atoms with E-state index in [0.29, 0.717) is 0 Å². The van der Waals surface area contributed by atoms with E-state index < -0.39 is 0 Å². The van der Waals surface area contributed by atoms with Gasteiger partial charge in [0.05, 0.1) is 0 Å². The van der Waals surface area contributed by atoms with E-state index in [4.69, 9.17) is 0 Å². The number of hydrogen-bond donors (Lipinski definition) is 1. The van der Waals surface area contributed by atoms with Crippen molar-refractivity contribution < 1.29 is 0 Å². The fourth-order valence-electron chi connectivity index (χ4n) is 2.46. The molecule has 2 nitrogen and oxygen atoms in total. The van der Waals surface area contributed by atoms with Crippen molar-refractivity contribution >= 4 is 12.2 Å². The number of hydrogen-bond acceptors (Lipinski definition) is 1. The molecule has 1 aliphatic rings. The summed E-state index contributed by atoms with van der Waals surface area (Å²) < 4.78 is 0. The molecule has 0 aliphatic heterocycles. The summed E-state index contributed by atoms with van der Waals surface area (Å²) in [5.41, 5.74) is 3.19. The van der Waals surface area contributed by atoms with E-state index in [2.05, 4.69) is 30.1 Å². The number of benzene rings is 1. The van der Waals surface area contributed by atoms with Gasteiger partial charge in [-0.3, -0.25) is 4.79 Å². The lowest BCUT2D eigenvalue weighted by molar-refractivity contribution is 1.08. The molecule has 0 unspecified atom stereocenters. The zero-order chi connectivity index (χ0) is 12.5. The summed E-state index contributed by atoms with van der Waals surface area (Å²) in [6, 6.07) is 10.2. The molecule has 18 heavy (non-hydrogen) atoms. The highest BCUT2D eigenvalue weighted by molar-refractivity contribution is 5.63. The number of aromatic nitrogens is 1. The van der Waals surface area contributed by atoms with Crippen LogP contribution in [0.4, 0.5) is 0 Å². The van der Waals surface area contributed by atoms with E-state index in [-0.39, 0.29) is 5.56 Å². The van der Waals surface area contributed by atoms with Gasteiger partial charge in [0.15, 0.2) is 0 Å².